The van der Waals surface area contributed by atoms with E-state index in [1.165, 1.54) is 17.2 Å². The van der Waals surface area contributed by atoms with Crippen LogP contribution in [-0.4, -0.2) is 38.8 Å². The molecule has 0 saturated heterocycles. The van der Waals surface area contributed by atoms with Gasteiger partial charge in [0.25, 0.3) is 0 Å². The zero-order chi connectivity index (χ0) is 17.1. The molecule has 1 aliphatic rings. The van der Waals surface area contributed by atoms with Crippen molar-refractivity contribution in [2.24, 2.45) is 0 Å². The SMILES string of the molecule is COC(=O)C(=CN1c2ccc(F)c(F)c2OCC1C)C(=O)OC. The van der Waals surface area contributed by atoms with Gasteiger partial charge >= 0.3 is 11.9 Å². The number of carbonyl (C=O) groups is 2. The van der Waals surface area contributed by atoms with Gasteiger partial charge in [-0.3, -0.25) is 0 Å². The first kappa shape index (κ1) is 16.7. The van der Waals surface area contributed by atoms with Crippen molar-refractivity contribution >= 4 is 17.6 Å². The molecule has 1 aromatic carbocycles. The van der Waals surface area contributed by atoms with Gasteiger partial charge in [-0.1, -0.05) is 0 Å². The highest BCUT2D eigenvalue weighted by Crippen LogP contribution is 2.37. The monoisotopic (exact) mass is 327 g/mol. The fourth-order valence-electron chi connectivity index (χ4n) is 2.13. The Labute approximate surface area is 131 Å². The second kappa shape index (κ2) is 6.64. The molecule has 0 saturated carbocycles. The van der Waals surface area contributed by atoms with Crippen LogP contribution in [0.2, 0.25) is 0 Å². The summed E-state index contributed by atoms with van der Waals surface area (Å²) in [4.78, 5) is 24.9. The summed E-state index contributed by atoms with van der Waals surface area (Å²) >= 11 is 0. The lowest BCUT2D eigenvalue weighted by molar-refractivity contribution is -0.144. The molecule has 1 heterocycles. The number of esters is 2. The molecular formula is C15H15F2NO5. The number of benzene rings is 1. The Kier molecular flexibility index (Phi) is 4.83. The number of methoxy groups -OCH3 is 2. The molecule has 1 unspecified atom stereocenters. The second-order valence-electron chi connectivity index (χ2n) is 4.80. The zero-order valence-electron chi connectivity index (χ0n) is 12.8. The van der Waals surface area contributed by atoms with Crippen molar-refractivity contribution < 1.29 is 32.6 Å². The molecule has 0 N–H and O–H groups in total. The summed E-state index contributed by atoms with van der Waals surface area (Å²) in [6.45, 7) is 1.77. The molecule has 0 aromatic heterocycles. The highest BCUT2D eigenvalue weighted by molar-refractivity contribution is 6.14. The van der Waals surface area contributed by atoms with E-state index in [1.807, 2.05) is 0 Å². The molecule has 124 valence electrons. The van der Waals surface area contributed by atoms with E-state index in [0.717, 1.165) is 20.3 Å². The summed E-state index contributed by atoms with van der Waals surface area (Å²) in [6.07, 6.45) is 1.18. The maximum atomic E-state index is 13.8. The van der Waals surface area contributed by atoms with E-state index in [9.17, 15) is 18.4 Å². The topological polar surface area (TPSA) is 65.1 Å². The van der Waals surface area contributed by atoms with Crippen molar-refractivity contribution in [3.63, 3.8) is 0 Å². The molecule has 0 amide bonds. The molecular weight excluding hydrogens is 312 g/mol. The molecule has 1 aromatic rings. The fourth-order valence-corrected chi connectivity index (χ4v) is 2.13. The van der Waals surface area contributed by atoms with Crippen molar-refractivity contribution in [2.45, 2.75) is 13.0 Å². The Balaban J connectivity index is 2.54. The fraction of sp³-hybridized carbons (Fsp3) is 0.333. The summed E-state index contributed by atoms with van der Waals surface area (Å²) < 4.78 is 41.5. The molecule has 1 atom stereocenters. The lowest BCUT2D eigenvalue weighted by atomic mass is 10.1. The number of rotatable bonds is 3. The standard InChI is InChI=1S/C15H15F2NO5/c1-8-7-23-13-11(5-4-10(16)12(13)17)18(8)6-9(14(19)21-2)15(20)22-3/h4-6,8H,7H2,1-3H3. The minimum atomic E-state index is -1.13. The van der Waals surface area contributed by atoms with Gasteiger partial charge < -0.3 is 19.1 Å². The van der Waals surface area contributed by atoms with Crippen molar-refractivity contribution in [2.75, 3.05) is 25.7 Å². The van der Waals surface area contributed by atoms with Gasteiger partial charge in [-0.15, -0.1) is 0 Å². The van der Waals surface area contributed by atoms with Gasteiger partial charge in [0.1, 0.15) is 6.61 Å². The highest BCUT2D eigenvalue weighted by atomic mass is 19.2. The van der Waals surface area contributed by atoms with Gasteiger partial charge in [0.15, 0.2) is 17.1 Å². The van der Waals surface area contributed by atoms with Gasteiger partial charge in [-0.2, -0.15) is 4.39 Å². The van der Waals surface area contributed by atoms with Crippen LogP contribution in [0.4, 0.5) is 14.5 Å². The quantitative estimate of drug-likeness (QED) is 0.365. The minimum absolute atomic E-state index is 0.0412. The minimum Gasteiger partial charge on any atom is -0.486 e. The van der Waals surface area contributed by atoms with E-state index in [-0.39, 0.29) is 29.7 Å². The first-order valence-corrected chi connectivity index (χ1v) is 6.68. The average Bonchev–Trinajstić information content (AvgIpc) is 2.56. The van der Waals surface area contributed by atoms with E-state index >= 15 is 0 Å². The Morgan fingerprint density at radius 1 is 1.26 bits per heavy atom. The van der Waals surface area contributed by atoms with E-state index in [1.54, 1.807) is 6.92 Å². The van der Waals surface area contributed by atoms with E-state index in [0.29, 0.717) is 0 Å². The van der Waals surface area contributed by atoms with Crippen LogP contribution in [0.25, 0.3) is 0 Å². The predicted molar refractivity (Wildman–Crippen MR) is 75.9 cm³/mol. The lowest BCUT2D eigenvalue weighted by Crippen LogP contribution is -2.39. The summed E-state index contributed by atoms with van der Waals surface area (Å²) in [6, 6.07) is 1.90. The smallest absolute Gasteiger partial charge is 0.346 e. The van der Waals surface area contributed by atoms with Gasteiger partial charge in [0.05, 0.1) is 25.9 Å². The van der Waals surface area contributed by atoms with E-state index < -0.39 is 23.6 Å². The predicted octanol–water partition coefficient (Wildman–Crippen LogP) is 1.78. The van der Waals surface area contributed by atoms with Crippen LogP contribution in [-0.2, 0) is 19.1 Å². The van der Waals surface area contributed by atoms with Crippen molar-refractivity contribution in [1.82, 2.24) is 0 Å². The molecule has 0 bridgehead atoms. The molecule has 0 aliphatic carbocycles. The Hall–Kier alpha value is -2.64. The van der Waals surface area contributed by atoms with Crippen molar-refractivity contribution in [1.29, 1.82) is 0 Å². The number of carbonyl (C=O) groups excluding carboxylic acids is 2. The van der Waals surface area contributed by atoms with Crippen LogP contribution < -0.4 is 9.64 Å². The van der Waals surface area contributed by atoms with Gasteiger partial charge in [-0.05, 0) is 19.1 Å². The number of hydrogen-bond donors (Lipinski definition) is 0. The number of nitrogens with zero attached hydrogens (tertiary/aromatic N) is 1. The van der Waals surface area contributed by atoms with Gasteiger partial charge in [-0.25, -0.2) is 14.0 Å². The Bertz CT molecular complexity index is 656. The van der Waals surface area contributed by atoms with Crippen molar-refractivity contribution in [3.05, 3.63) is 35.5 Å². The molecule has 6 nitrogen and oxygen atoms in total. The maximum absolute atomic E-state index is 13.8. The van der Waals surface area contributed by atoms with Crippen LogP contribution in [0, 0.1) is 11.6 Å². The van der Waals surface area contributed by atoms with Crippen LogP contribution in [0.3, 0.4) is 0 Å². The molecule has 0 radical (unpaired) electrons. The third-order valence-electron chi connectivity index (χ3n) is 3.33. The largest absolute Gasteiger partial charge is 0.486 e. The summed E-state index contributed by atoms with van der Waals surface area (Å²) in [5, 5.41) is 0. The van der Waals surface area contributed by atoms with Crippen LogP contribution in [0.5, 0.6) is 5.75 Å². The summed E-state index contributed by atoms with van der Waals surface area (Å²) in [7, 11) is 2.23. The van der Waals surface area contributed by atoms with Gasteiger partial charge in [0, 0.05) is 6.20 Å². The van der Waals surface area contributed by atoms with Crippen molar-refractivity contribution in [3.8, 4) is 5.75 Å². The second-order valence-corrected chi connectivity index (χ2v) is 4.80. The summed E-state index contributed by atoms with van der Waals surface area (Å²) in [5.41, 5.74) is -0.188. The average molecular weight is 327 g/mol. The first-order valence-electron chi connectivity index (χ1n) is 6.68. The van der Waals surface area contributed by atoms with Crippen LogP contribution in [0.15, 0.2) is 23.9 Å². The van der Waals surface area contributed by atoms with Crippen LogP contribution >= 0.6 is 0 Å². The maximum Gasteiger partial charge on any atom is 0.346 e. The number of halogens is 2. The molecule has 0 spiro atoms. The van der Waals surface area contributed by atoms with Crippen LogP contribution in [0.1, 0.15) is 6.92 Å². The zero-order valence-corrected chi connectivity index (χ0v) is 12.8. The lowest BCUT2D eigenvalue weighted by Gasteiger charge is -2.34. The summed E-state index contributed by atoms with van der Waals surface area (Å²) in [5.74, 6) is -4.28. The number of ether oxygens (including phenoxy) is 3. The molecule has 0 fully saturated rings. The molecule has 8 heteroatoms. The normalized spacial score (nSPS) is 16.0. The first-order chi connectivity index (χ1) is 10.9. The number of hydrogen-bond acceptors (Lipinski definition) is 6. The van der Waals surface area contributed by atoms with E-state index in [4.69, 9.17) is 4.74 Å². The molecule has 2 rings (SSSR count). The molecule has 23 heavy (non-hydrogen) atoms. The number of fused-ring (bicyclic) bond motifs is 1. The Morgan fingerprint density at radius 3 is 2.43 bits per heavy atom. The third-order valence-corrected chi connectivity index (χ3v) is 3.33. The third kappa shape index (κ3) is 3.10. The number of anilines is 1. The molecule has 1 aliphatic heterocycles. The van der Waals surface area contributed by atoms with Gasteiger partial charge in [0.2, 0.25) is 5.82 Å². The Morgan fingerprint density at radius 2 is 1.87 bits per heavy atom. The van der Waals surface area contributed by atoms with E-state index in [2.05, 4.69) is 9.47 Å². The highest BCUT2D eigenvalue weighted by Gasteiger charge is 2.30.